The fourth-order valence-electron chi connectivity index (χ4n) is 4.57. The molecule has 5 heteroatoms. The zero-order valence-corrected chi connectivity index (χ0v) is 19.0. The maximum atomic E-state index is 13.0. The largest absolute Gasteiger partial charge is 0.353 e. The zero-order valence-electron chi connectivity index (χ0n) is 17.4. The summed E-state index contributed by atoms with van der Waals surface area (Å²) < 4.78 is 1.06. The second-order valence-electron chi connectivity index (χ2n) is 8.48. The van der Waals surface area contributed by atoms with Crippen LogP contribution in [0.1, 0.15) is 55.6 Å². The minimum Gasteiger partial charge on any atom is -0.353 e. The Kier molecular flexibility index (Phi) is 6.57. The molecule has 2 aromatic rings. The van der Waals surface area contributed by atoms with Gasteiger partial charge in [-0.15, -0.1) is 0 Å². The lowest BCUT2D eigenvalue weighted by Gasteiger charge is -2.34. The SMILES string of the molecule is CCC(C(=O)N1CCC(NC(=O)C2CC2c2ccc(Br)cc2)CC1)c1ccccc1. The van der Waals surface area contributed by atoms with Gasteiger partial charge in [0, 0.05) is 29.5 Å². The van der Waals surface area contributed by atoms with Crippen LogP contribution in [0.3, 0.4) is 0 Å². The molecule has 1 saturated heterocycles. The van der Waals surface area contributed by atoms with Gasteiger partial charge in [-0.25, -0.2) is 0 Å². The topological polar surface area (TPSA) is 49.4 Å². The molecule has 4 nitrogen and oxygen atoms in total. The number of rotatable bonds is 6. The summed E-state index contributed by atoms with van der Waals surface area (Å²) >= 11 is 3.46. The minimum atomic E-state index is -0.0736. The molecule has 4 rings (SSSR count). The summed E-state index contributed by atoms with van der Waals surface area (Å²) in [5.41, 5.74) is 2.33. The Morgan fingerprint density at radius 3 is 2.37 bits per heavy atom. The molecule has 158 valence electrons. The van der Waals surface area contributed by atoms with Crippen molar-refractivity contribution in [1.29, 1.82) is 0 Å². The second kappa shape index (κ2) is 9.34. The van der Waals surface area contributed by atoms with Crippen molar-refractivity contribution in [2.45, 2.75) is 50.5 Å². The molecule has 1 saturated carbocycles. The van der Waals surface area contributed by atoms with E-state index in [0.717, 1.165) is 35.7 Å². The van der Waals surface area contributed by atoms with Crippen molar-refractivity contribution in [3.63, 3.8) is 0 Å². The molecule has 30 heavy (non-hydrogen) atoms. The number of likely N-dealkylation sites (tertiary alicyclic amines) is 1. The lowest BCUT2D eigenvalue weighted by Crippen LogP contribution is -2.48. The van der Waals surface area contributed by atoms with E-state index in [2.05, 4.69) is 40.3 Å². The average molecular weight is 469 g/mol. The highest BCUT2D eigenvalue weighted by Crippen LogP contribution is 2.47. The summed E-state index contributed by atoms with van der Waals surface area (Å²) in [4.78, 5) is 27.7. The molecule has 1 aliphatic carbocycles. The van der Waals surface area contributed by atoms with Crippen molar-refractivity contribution in [3.05, 3.63) is 70.2 Å². The number of amides is 2. The van der Waals surface area contributed by atoms with E-state index >= 15 is 0 Å². The smallest absolute Gasteiger partial charge is 0.230 e. The van der Waals surface area contributed by atoms with Gasteiger partial charge in [0.2, 0.25) is 11.8 Å². The van der Waals surface area contributed by atoms with E-state index in [1.165, 1.54) is 5.56 Å². The molecule has 2 aliphatic rings. The standard InChI is InChI=1S/C25H29BrN2O2/c1-2-21(17-6-4-3-5-7-17)25(30)28-14-12-20(13-15-28)27-24(29)23-16-22(23)18-8-10-19(26)11-9-18/h3-11,20-23H,2,12-16H2,1H3,(H,27,29). The molecule has 0 bridgehead atoms. The van der Waals surface area contributed by atoms with Crippen molar-refractivity contribution in [2.24, 2.45) is 5.92 Å². The van der Waals surface area contributed by atoms with E-state index in [1.807, 2.05) is 47.4 Å². The van der Waals surface area contributed by atoms with Gasteiger partial charge >= 0.3 is 0 Å². The van der Waals surface area contributed by atoms with Crippen LogP contribution >= 0.6 is 15.9 Å². The molecule has 0 spiro atoms. The first-order valence-electron chi connectivity index (χ1n) is 11.0. The highest BCUT2D eigenvalue weighted by Gasteiger charge is 2.44. The number of carbonyl (C=O) groups is 2. The van der Waals surface area contributed by atoms with Crippen LogP contribution < -0.4 is 5.32 Å². The number of hydrogen-bond acceptors (Lipinski definition) is 2. The summed E-state index contributed by atoms with van der Waals surface area (Å²) in [5, 5.41) is 3.24. The number of nitrogens with zero attached hydrogens (tertiary/aromatic N) is 1. The van der Waals surface area contributed by atoms with Crippen LogP contribution in [-0.4, -0.2) is 35.8 Å². The third-order valence-corrected chi connectivity index (χ3v) is 7.02. The van der Waals surface area contributed by atoms with Crippen LogP contribution in [0.25, 0.3) is 0 Å². The third-order valence-electron chi connectivity index (χ3n) is 6.49. The molecule has 1 N–H and O–H groups in total. The van der Waals surface area contributed by atoms with E-state index in [1.54, 1.807) is 0 Å². The third kappa shape index (κ3) is 4.77. The van der Waals surface area contributed by atoms with E-state index in [9.17, 15) is 9.59 Å². The van der Waals surface area contributed by atoms with E-state index in [4.69, 9.17) is 0 Å². The molecule has 0 radical (unpaired) electrons. The van der Waals surface area contributed by atoms with E-state index in [0.29, 0.717) is 19.0 Å². The summed E-state index contributed by atoms with van der Waals surface area (Å²) in [6.45, 7) is 3.50. The molecule has 2 aromatic carbocycles. The van der Waals surface area contributed by atoms with Crippen molar-refractivity contribution in [1.82, 2.24) is 10.2 Å². The van der Waals surface area contributed by atoms with Crippen molar-refractivity contribution >= 4 is 27.7 Å². The number of piperidine rings is 1. The van der Waals surface area contributed by atoms with Gasteiger partial charge in [0.25, 0.3) is 0 Å². The lowest BCUT2D eigenvalue weighted by atomic mass is 9.93. The van der Waals surface area contributed by atoms with Crippen molar-refractivity contribution in [3.8, 4) is 0 Å². The summed E-state index contributed by atoms with van der Waals surface area (Å²) in [6, 6.07) is 18.5. The molecule has 3 atom stereocenters. The number of benzene rings is 2. The Balaban J connectivity index is 1.26. The van der Waals surface area contributed by atoms with Gasteiger partial charge < -0.3 is 10.2 Å². The fraction of sp³-hybridized carbons (Fsp3) is 0.440. The van der Waals surface area contributed by atoms with Gasteiger partial charge in [-0.1, -0.05) is 65.3 Å². The molecular weight excluding hydrogens is 440 g/mol. The predicted molar refractivity (Wildman–Crippen MR) is 122 cm³/mol. The number of halogens is 1. The Hall–Kier alpha value is -2.14. The first-order chi connectivity index (χ1) is 14.6. The Bertz CT molecular complexity index is 876. The number of nitrogens with one attached hydrogen (secondary N) is 1. The normalized spacial score (nSPS) is 22.4. The highest BCUT2D eigenvalue weighted by atomic mass is 79.9. The van der Waals surface area contributed by atoms with Crippen LogP contribution in [0.4, 0.5) is 0 Å². The first-order valence-corrected chi connectivity index (χ1v) is 11.8. The Morgan fingerprint density at radius 2 is 1.73 bits per heavy atom. The van der Waals surface area contributed by atoms with Crippen LogP contribution in [0, 0.1) is 5.92 Å². The molecule has 2 amide bonds. The zero-order chi connectivity index (χ0) is 21.1. The fourth-order valence-corrected chi connectivity index (χ4v) is 4.84. The number of hydrogen-bond donors (Lipinski definition) is 1. The monoisotopic (exact) mass is 468 g/mol. The number of carbonyl (C=O) groups excluding carboxylic acids is 2. The highest BCUT2D eigenvalue weighted by molar-refractivity contribution is 9.10. The molecule has 1 aliphatic heterocycles. The lowest BCUT2D eigenvalue weighted by molar-refractivity contribution is -0.134. The van der Waals surface area contributed by atoms with Crippen LogP contribution in [-0.2, 0) is 9.59 Å². The van der Waals surface area contributed by atoms with Gasteiger partial charge in [-0.2, -0.15) is 0 Å². The van der Waals surface area contributed by atoms with Gasteiger partial charge in [0.15, 0.2) is 0 Å². The van der Waals surface area contributed by atoms with Gasteiger partial charge in [0.1, 0.15) is 0 Å². The van der Waals surface area contributed by atoms with E-state index < -0.39 is 0 Å². The quantitative estimate of drug-likeness (QED) is 0.658. The maximum absolute atomic E-state index is 13.0. The molecule has 1 heterocycles. The van der Waals surface area contributed by atoms with Gasteiger partial charge in [-0.3, -0.25) is 9.59 Å². The Labute approximate surface area is 187 Å². The summed E-state index contributed by atoms with van der Waals surface area (Å²) in [6.07, 6.45) is 3.40. The van der Waals surface area contributed by atoms with Gasteiger partial charge in [-0.05, 0) is 54.9 Å². The van der Waals surface area contributed by atoms with E-state index in [-0.39, 0.29) is 29.7 Å². The minimum absolute atomic E-state index is 0.0736. The molecule has 0 aromatic heterocycles. The average Bonchev–Trinajstić information content (AvgIpc) is 3.57. The van der Waals surface area contributed by atoms with Crippen LogP contribution in [0.2, 0.25) is 0 Å². The predicted octanol–water partition coefficient (Wildman–Crippen LogP) is 4.85. The summed E-state index contributed by atoms with van der Waals surface area (Å²) in [7, 11) is 0. The molecular formula is C25H29BrN2O2. The molecule has 2 fully saturated rings. The van der Waals surface area contributed by atoms with Crippen LogP contribution in [0.5, 0.6) is 0 Å². The van der Waals surface area contributed by atoms with Crippen molar-refractivity contribution in [2.75, 3.05) is 13.1 Å². The van der Waals surface area contributed by atoms with Gasteiger partial charge in [0.05, 0.1) is 5.92 Å². The van der Waals surface area contributed by atoms with Crippen LogP contribution in [0.15, 0.2) is 59.1 Å². The molecule has 3 unspecified atom stereocenters. The van der Waals surface area contributed by atoms with Crippen molar-refractivity contribution < 1.29 is 9.59 Å². The second-order valence-corrected chi connectivity index (χ2v) is 9.40. The maximum Gasteiger partial charge on any atom is 0.230 e. The summed E-state index contributed by atoms with van der Waals surface area (Å²) in [5.74, 6) is 0.745. The first kappa shape index (κ1) is 21.1. The Morgan fingerprint density at radius 1 is 1.07 bits per heavy atom.